The Kier molecular flexibility index (Phi) is 8.92. The number of rotatable bonds is 9. The molecule has 1 aliphatic carbocycles. The maximum Gasteiger partial charge on any atom is 0.276 e. The number of benzene rings is 2. The van der Waals surface area contributed by atoms with Crippen molar-refractivity contribution in [2.24, 2.45) is 5.92 Å². The molecule has 6 rings (SSSR count). The minimum Gasteiger partial charge on any atom is -0.357 e. The van der Waals surface area contributed by atoms with Crippen LogP contribution in [-0.2, 0) is 14.4 Å². The Bertz CT molecular complexity index is 1380. The molecular formula is C34H42N4O4. The molecule has 2 aliphatic heterocycles. The summed E-state index contributed by atoms with van der Waals surface area (Å²) in [5, 5.41) is 3.10. The van der Waals surface area contributed by atoms with Crippen molar-refractivity contribution < 1.29 is 22.0 Å². The molecule has 2 saturated heterocycles. The van der Waals surface area contributed by atoms with Crippen LogP contribution in [0.4, 0.5) is 5.82 Å². The van der Waals surface area contributed by atoms with E-state index in [-0.39, 0.29) is 26.9 Å². The predicted molar refractivity (Wildman–Crippen MR) is 166 cm³/mol. The molecule has 3 aromatic rings. The maximum absolute atomic E-state index is 12.6. The van der Waals surface area contributed by atoms with Crippen LogP contribution in [0.1, 0.15) is 68.8 Å². The zero-order valence-corrected chi connectivity index (χ0v) is 23.8. The molecular weight excluding hydrogens is 528 g/mol. The van der Waals surface area contributed by atoms with Gasteiger partial charge in [0.1, 0.15) is 5.82 Å². The first kappa shape index (κ1) is 28.1. The van der Waals surface area contributed by atoms with Crippen molar-refractivity contribution in [1.29, 1.82) is 0 Å². The van der Waals surface area contributed by atoms with Gasteiger partial charge in [0, 0.05) is 47.6 Å². The molecule has 42 heavy (non-hydrogen) atoms. The number of nitrogens with one attached hydrogen (secondary N) is 2. The molecule has 0 bridgehead atoms. The highest BCUT2D eigenvalue weighted by Crippen LogP contribution is 2.46. The lowest BCUT2D eigenvalue weighted by atomic mass is 9.93. The fourth-order valence-electron chi connectivity index (χ4n) is 6.18. The number of amides is 2. The second-order valence-corrected chi connectivity index (χ2v) is 11.3. The van der Waals surface area contributed by atoms with E-state index in [4.69, 9.17) is 9.57 Å². The van der Waals surface area contributed by atoms with E-state index in [9.17, 15) is 9.59 Å². The van der Waals surface area contributed by atoms with E-state index in [1.165, 1.54) is 22.3 Å². The Morgan fingerprint density at radius 3 is 2.38 bits per heavy atom. The highest BCUT2D eigenvalue weighted by Gasteiger charge is 2.27. The predicted octanol–water partition coefficient (Wildman–Crippen LogP) is 5.85. The lowest BCUT2D eigenvalue weighted by Gasteiger charge is -2.32. The van der Waals surface area contributed by atoms with Gasteiger partial charge in [-0.05, 0) is 78.5 Å². The van der Waals surface area contributed by atoms with E-state index in [1.54, 1.807) is 18.3 Å². The largest absolute Gasteiger partial charge is 0.357 e. The number of allylic oxidation sites excluding steroid dienone is 1. The maximum atomic E-state index is 12.6. The van der Waals surface area contributed by atoms with Crippen LogP contribution in [0, 0.1) is 5.92 Å². The van der Waals surface area contributed by atoms with Crippen LogP contribution in [0.2, 0.25) is 0 Å². The summed E-state index contributed by atoms with van der Waals surface area (Å²) in [7, 11) is 0. The highest BCUT2D eigenvalue weighted by atomic mass is 16.8. The summed E-state index contributed by atoms with van der Waals surface area (Å²) in [6.07, 6.45) is 10.5. The summed E-state index contributed by atoms with van der Waals surface area (Å²) in [4.78, 5) is 37.1. The fraction of sp³-hybridized carbons (Fsp3) is 0.382. The first-order valence-corrected chi connectivity index (χ1v) is 15.1. The van der Waals surface area contributed by atoms with Crippen molar-refractivity contribution in [3.05, 3.63) is 95.7 Å². The van der Waals surface area contributed by atoms with E-state index in [1.807, 2.05) is 12.1 Å². The highest BCUT2D eigenvalue weighted by molar-refractivity contribution is 5.93. The van der Waals surface area contributed by atoms with Crippen molar-refractivity contribution in [3.8, 4) is 11.1 Å². The molecule has 1 atom stereocenters. The minimum absolute atomic E-state index is 0. The number of ether oxygens (including phenoxy) is 1. The average molecular weight is 571 g/mol. The quantitative estimate of drug-likeness (QED) is 0.248. The lowest BCUT2D eigenvalue weighted by molar-refractivity contribution is -0.186. The van der Waals surface area contributed by atoms with Crippen molar-refractivity contribution in [1.82, 2.24) is 15.8 Å². The molecule has 0 saturated carbocycles. The van der Waals surface area contributed by atoms with Gasteiger partial charge in [0.2, 0.25) is 5.91 Å². The number of carbonyl (C=O) groups excluding carboxylic acids is 2. The third-order valence-electron chi connectivity index (χ3n) is 8.54. The number of aromatic nitrogens is 1. The van der Waals surface area contributed by atoms with Gasteiger partial charge < -0.3 is 15.0 Å². The van der Waals surface area contributed by atoms with Gasteiger partial charge in [0.25, 0.3) is 5.91 Å². The Labute approximate surface area is 250 Å². The Hall–Kier alpha value is -4.01. The molecule has 3 aliphatic rings. The van der Waals surface area contributed by atoms with Crippen molar-refractivity contribution in [2.45, 2.75) is 50.7 Å². The fourth-order valence-corrected chi connectivity index (χ4v) is 6.18. The molecule has 2 fully saturated rings. The third-order valence-corrected chi connectivity index (χ3v) is 8.54. The Morgan fingerprint density at radius 2 is 1.71 bits per heavy atom. The average Bonchev–Trinajstić information content (AvgIpc) is 3.37. The van der Waals surface area contributed by atoms with Gasteiger partial charge in [-0.2, -0.15) is 0 Å². The number of carbonyl (C=O) groups is 2. The molecule has 0 spiro atoms. The van der Waals surface area contributed by atoms with Gasteiger partial charge in [-0.25, -0.2) is 15.3 Å². The molecule has 1 unspecified atom stereocenters. The zero-order valence-electron chi connectivity index (χ0n) is 23.8. The van der Waals surface area contributed by atoms with Gasteiger partial charge in [-0.3, -0.25) is 9.59 Å². The van der Waals surface area contributed by atoms with Crippen molar-refractivity contribution in [3.63, 3.8) is 0 Å². The summed E-state index contributed by atoms with van der Waals surface area (Å²) in [5.41, 5.74) is 8.19. The summed E-state index contributed by atoms with van der Waals surface area (Å²) < 4.78 is 5.47. The van der Waals surface area contributed by atoms with Gasteiger partial charge in [0.15, 0.2) is 6.29 Å². The van der Waals surface area contributed by atoms with Crippen LogP contribution in [0.25, 0.3) is 11.1 Å². The van der Waals surface area contributed by atoms with Crippen LogP contribution in [-0.4, -0.2) is 49.3 Å². The van der Waals surface area contributed by atoms with E-state index in [2.05, 4.69) is 69.2 Å². The van der Waals surface area contributed by atoms with Gasteiger partial charge >= 0.3 is 0 Å². The number of pyridine rings is 1. The second-order valence-electron chi connectivity index (χ2n) is 11.3. The molecule has 1 aromatic heterocycles. The zero-order chi connectivity index (χ0) is 28.7. The molecule has 8 heteroatoms. The number of piperidine rings is 1. The van der Waals surface area contributed by atoms with E-state index >= 15 is 0 Å². The van der Waals surface area contributed by atoms with Crippen LogP contribution in [0.3, 0.4) is 0 Å². The molecule has 8 nitrogen and oxygen atoms in total. The first-order valence-electron chi connectivity index (χ1n) is 15.1. The van der Waals surface area contributed by atoms with Crippen LogP contribution < -0.4 is 15.7 Å². The molecule has 0 radical (unpaired) electrons. The Balaban J connectivity index is 0.00000221. The molecule has 3 heterocycles. The van der Waals surface area contributed by atoms with E-state index in [0.717, 1.165) is 57.4 Å². The Morgan fingerprint density at radius 1 is 0.976 bits per heavy atom. The van der Waals surface area contributed by atoms with Gasteiger partial charge in [-0.15, -0.1) is 0 Å². The molecule has 222 valence electrons. The lowest BCUT2D eigenvalue weighted by Crippen LogP contribution is -2.38. The topological polar surface area (TPSA) is 92.8 Å². The summed E-state index contributed by atoms with van der Waals surface area (Å²) in [5.74, 6) is 1.20. The summed E-state index contributed by atoms with van der Waals surface area (Å²) >= 11 is 0. The van der Waals surface area contributed by atoms with Crippen LogP contribution in [0.5, 0.6) is 0 Å². The summed E-state index contributed by atoms with van der Waals surface area (Å²) in [6.45, 7) is 3.04. The number of hydrogen-bond acceptors (Lipinski definition) is 6. The monoisotopic (exact) mass is 570 g/mol. The smallest absolute Gasteiger partial charge is 0.276 e. The van der Waals surface area contributed by atoms with E-state index in [0.29, 0.717) is 24.6 Å². The summed E-state index contributed by atoms with van der Waals surface area (Å²) in [6, 6.07) is 20.8. The first-order chi connectivity index (χ1) is 20.7. The second kappa shape index (κ2) is 13.3. The number of nitrogens with zero attached hydrogens (tertiary/aromatic N) is 2. The van der Waals surface area contributed by atoms with Crippen LogP contribution in [0.15, 0.2) is 79.0 Å². The number of fused-ring (bicyclic) bond motifs is 3. The number of hydroxylamine groups is 1. The van der Waals surface area contributed by atoms with Gasteiger partial charge in [-0.1, -0.05) is 54.6 Å². The minimum atomic E-state index is -0.384. The van der Waals surface area contributed by atoms with E-state index < -0.39 is 0 Å². The normalized spacial score (nSPS) is 19.0. The number of anilines is 1. The number of hydrogen-bond donors (Lipinski definition) is 2. The van der Waals surface area contributed by atoms with Crippen molar-refractivity contribution in [2.75, 3.05) is 31.1 Å². The van der Waals surface area contributed by atoms with Crippen molar-refractivity contribution >= 4 is 17.6 Å². The van der Waals surface area contributed by atoms with Gasteiger partial charge in [0.05, 0.1) is 5.56 Å². The molecule has 2 N–H and O–H groups in total. The standard InChI is InChI=1S/C34H38N4O4.2H2/c39-32(13-7-12-30-28-10-3-1-8-26(28)27-9-2-4-11-29(27)30)36-22-24-17-19-38(20-18-24)31-16-15-25(23-35-31)34(40)37-42-33-14-5-6-21-41-33;;/h1-4,7-11,13,15-16,23-24,30,33H,5-6,12,14,17-22H2,(H,36,39)(H,37,40);2*1H/b13-7-;;. The third kappa shape index (κ3) is 6.55. The van der Waals surface area contributed by atoms with Crippen LogP contribution >= 0.6 is 0 Å². The molecule has 2 amide bonds. The molecule has 2 aromatic carbocycles. The SMILES string of the molecule is O=C(/C=C\CC1c2ccccc2-c2ccccc21)NCC1CCN(c2ccc(C(=O)NOC3CCCCO3)cn2)CC1.[HH].[HH].